The molecule has 0 bridgehead atoms. The number of unbranched alkanes of at least 4 members (excludes halogenated alkanes) is 16. The van der Waals surface area contributed by atoms with Crippen molar-refractivity contribution in [3.05, 3.63) is 11.9 Å². The number of ether oxygens (including phenoxy) is 4. The van der Waals surface area contributed by atoms with Crippen LogP contribution in [-0.2, 0) is 46.3 Å². The normalized spacial score (nSPS) is 12.9. The molecule has 0 aliphatic carbocycles. The Bertz CT molecular complexity index is 1010. The average molecular weight is 708 g/mol. The van der Waals surface area contributed by atoms with E-state index in [1.54, 1.807) is 31.8 Å². The highest BCUT2D eigenvalue weighted by Gasteiger charge is 2.28. The zero-order valence-corrected chi connectivity index (χ0v) is 32.8. The minimum Gasteiger partial charge on any atom is -0.462 e. The van der Waals surface area contributed by atoms with Crippen molar-refractivity contribution < 1.29 is 33.3 Å². The molecule has 0 amide bonds. The fourth-order valence-electron chi connectivity index (χ4n) is 5.76. The molecule has 10 nitrogen and oxygen atoms in total. The van der Waals surface area contributed by atoms with Crippen molar-refractivity contribution >= 4 is 17.7 Å². The lowest BCUT2D eigenvalue weighted by atomic mass is 9.98. The fraction of sp³-hybridized carbons (Fsp3) is 0.875. The van der Waals surface area contributed by atoms with Crippen LogP contribution in [0.3, 0.4) is 0 Å². The molecule has 2 atom stereocenters. The number of ketones is 1. The summed E-state index contributed by atoms with van der Waals surface area (Å²) in [5.74, 6) is -0.576. The maximum atomic E-state index is 12.9. The Kier molecular flexibility index (Phi) is 26.7. The van der Waals surface area contributed by atoms with E-state index in [0.29, 0.717) is 38.0 Å². The molecule has 1 aromatic heterocycles. The summed E-state index contributed by atoms with van der Waals surface area (Å²) in [7, 11) is 1.66. The minimum absolute atomic E-state index is 0.0145. The summed E-state index contributed by atoms with van der Waals surface area (Å²) in [5.41, 5.74) is -0.250. The lowest BCUT2D eigenvalue weighted by molar-refractivity contribution is -0.160. The van der Waals surface area contributed by atoms with Gasteiger partial charge in [-0.2, -0.15) is 0 Å². The van der Waals surface area contributed by atoms with Crippen molar-refractivity contribution in [1.29, 1.82) is 0 Å². The molecule has 0 fully saturated rings. The largest absolute Gasteiger partial charge is 0.462 e. The molecule has 2 unspecified atom stereocenters. The van der Waals surface area contributed by atoms with Gasteiger partial charge in [-0.05, 0) is 40.0 Å². The second kappa shape index (κ2) is 29.3. The highest BCUT2D eigenvalue weighted by molar-refractivity contribution is 5.86. The molecule has 1 heterocycles. The van der Waals surface area contributed by atoms with Crippen LogP contribution in [0.2, 0.25) is 0 Å². The Morgan fingerprint density at radius 1 is 0.760 bits per heavy atom. The molecule has 50 heavy (non-hydrogen) atoms. The van der Waals surface area contributed by atoms with Crippen molar-refractivity contribution in [2.45, 2.75) is 207 Å². The van der Waals surface area contributed by atoms with Crippen LogP contribution >= 0.6 is 0 Å². The van der Waals surface area contributed by atoms with Crippen LogP contribution < -0.4 is 0 Å². The number of nitrogens with zero attached hydrogens (tertiary/aromatic N) is 3. The van der Waals surface area contributed by atoms with Gasteiger partial charge in [-0.3, -0.25) is 14.4 Å². The minimum atomic E-state index is -0.907. The topological polar surface area (TPSA) is 119 Å². The summed E-state index contributed by atoms with van der Waals surface area (Å²) < 4.78 is 24.1. The molecule has 0 spiro atoms. The van der Waals surface area contributed by atoms with E-state index in [-0.39, 0.29) is 43.4 Å². The highest BCUT2D eigenvalue weighted by atomic mass is 16.6. The van der Waals surface area contributed by atoms with Gasteiger partial charge in [-0.25, -0.2) is 4.68 Å². The molecule has 0 aliphatic rings. The van der Waals surface area contributed by atoms with E-state index in [4.69, 9.17) is 18.9 Å². The predicted octanol–water partition coefficient (Wildman–Crippen LogP) is 9.30. The van der Waals surface area contributed by atoms with Crippen molar-refractivity contribution in [3.8, 4) is 0 Å². The van der Waals surface area contributed by atoms with Crippen LogP contribution in [0.15, 0.2) is 6.20 Å². The van der Waals surface area contributed by atoms with E-state index in [9.17, 15) is 14.4 Å². The molecule has 0 saturated carbocycles. The smallest absolute Gasteiger partial charge is 0.306 e. The van der Waals surface area contributed by atoms with Crippen molar-refractivity contribution in [3.63, 3.8) is 0 Å². The summed E-state index contributed by atoms with van der Waals surface area (Å²) in [4.78, 5) is 38.2. The number of aryl methyl sites for hydroxylation is 1. The molecule has 10 heteroatoms. The molecule has 0 aliphatic heterocycles. The third-order valence-corrected chi connectivity index (χ3v) is 9.34. The Balaban J connectivity index is 2.58. The third-order valence-electron chi connectivity index (χ3n) is 9.34. The first-order valence-electron chi connectivity index (χ1n) is 20.0. The second-order valence-corrected chi connectivity index (χ2v) is 14.5. The number of aromatic nitrogens is 3. The van der Waals surface area contributed by atoms with Gasteiger partial charge in [0.2, 0.25) is 0 Å². The van der Waals surface area contributed by atoms with E-state index in [2.05, 4.69) is 24.2 Å². The van der Waals surface area contributed by atoms with Crippen LogP contribution in [0.25, 0.3) is 0 Å². The lowest BCUT2D eigenvalue weighted by Gasteiger charge is -2.24. The highest BCUT2D eigenvalue weighted by Crippen LogP contribution is 2.17. The average Bonchev–Trinajstić information content (AvgIpc) is 3.54. The number of carbonyl (C=O) groups excluding carboxylic acids is 3. The first-order valence-corrected chi connectivity index (χ1v) is 20.0. The van der Waals surface area contributed by atoms with Crippen LogP contribution in [-0.4, -0.2) is 70.8 Å². The van der Waals surface area contributed by atoms with Gasteiger partial charge in [-0.15, -0.1) is 5.10 Å². The van der Waals surface area contributed by atoms with Crippen LogP contribution in [0, 0.1) is 0 Å². The van der Waals surface area contributed by atoms with Crippen molar-refractivity contribution in [1.82, 2.24) is 15.0 Å². The number of rotatable bonds is 34. The molecule has 290 valence electrons. The van der Waals surface area contributed by atoms with Crippen molar-refractivity contribution in [2.24, 2.45) is 0 Å². The second-order valence-electron chi connectivity index (χ2n) is 14.5. The zero-order valence-electron chi connectivity index (χ0n) is 32.8. The Morgan fingerprint density at radius 3 is 1.82 bits per heavy atom. The standard InChI is InChI=1S/C40H73N3O7/c1-7-9-11-13-15-17-19-21-23-25-38(45)48-33-36(50-39(46)26-24-22-20-18-16-14-12-10-8-2)32-43-31-35(41-42-43)27-28-37(44)40(4,5)49-30-29-34(3)47-6/h31,34,36H,7-30,32-33H2,1-6H3. The van der Waals surface area contributed by atoms with Crippen LogP contribution in [0.4, 0.5) is 0 Å². The number of methoxy groups -OCH3 is 1. The summed E-state index contributed by atoms with van der Waals surface area (Å²) in [5, 5.41) is 8.45. The maximum absolute atomic E-state index is 12.9. The maximum Gasteiger partial charge on any atom is 0.306 e. The first kappa shape index (κ1) is 45.7. The molecule has 0 N–H and O–H groups in total. The molecule has 0 saturated heterocycles. The predicted molar refractivity (Wildman–Crippen MR) is 199 cm³/mol. The van der Waals surface area contributed by atoms with Crippen LogP contribution in [0.1, 0.15) is 182 Å². The fourth-order valence-corrected chi connectivity index (χ4v) is 5.76. The molecule has 0 radical (unpaired) electrons. The summed E-state index contributed by atoms with van der Waals surface area (Å²) in [6.07, 6.45) is 24.4. The van der Waals surface area contributed by atoms with Gasteiger partial charge in [0, 0.05) is 39.0 Å². The summed E-state index contributed by atoms with van der Waals surface area (Å²) >= 11 is 0. The van der Waals surface area contributed by atoms with E-state index < -0.39 is 11.7 Å². The Labute approximate surface area is 304 Å². The SMILES string of the molecule is CCCCCCCCCCCC(=O)OCC(Cn1cc(CCC(=O)C(C)(C)OCCC(C)OC)nn1)OC(=O)CCCCCCCCCCC. The summed E-state index contributed by atoms with van der Waals surface area (Å²) in [6, 6.07) is 0. The van der Waals surface area contributed by atoms with Gasteiger partial charge in [0.05, 0.1) is 24.9 Å². The van der Waals surface area contributed by atoms with E-state index >= 15 is 0 Å². The Morgan fingerprint density at radius 2 is 1.28 bits per heavy atom. The number of hydrogen-bond acceptors (Lipinski definition) is 9. The monoisotopic (exact) mass is 708 g/mol. The van der Waals surface area contributed by atoms with Gasteiger partial charge in [-0.1, -0.05) is 122 Å². The van der Waals surface area contributed by atoms with Crippen molar-refractivity contribution in [2.75, 3.05) is 20.3 Å². The zero-order chi connectivity index (χ0) is 36.9. The number of Topliss-reactive ketones (excluding diaryl/α,β-unsaturated/α-hetero) is 1. The van der Waals surface area contributed by atoms with E-state index in [0.717, 1.165) is 38.5 Å². The van der Waals surface area contributed by atoms with E-state index in [1.807, 2.05) is 6.92 Å². The molecule has 0 aromatic carbocycles. The van der Waals surface area contributed by atoms with Crippen LogP contribution in [0.5, 0.6) is 0 Å². The third kappa shape index (κ3) is 24.0. The van der Waals surface area contributed by atoms with E-state index in [1.165, 1.54) is 77.0 Å². The number of carbonyl (C=O) groups is 3. The number of esters is 2. The molecular weight excluding hydrogens is 634 g/mol. The molecular formula is C40H73N3O7. The summed E-state index contributed by atoms with van der Waals surface area (Å²) in [6.45, 7) is 10.6. The van der Waals surface area contributed by atoms with Gasteiger partial charge < -0.3 is 18.9 Å². The first-order chi connectivity index (χ1) is 24.1. The van der Waals surface area contributed by atoms with Gasteiger partial charge in [0.1, 0.15) is 12.2 Å². The van der Waals surface area contributed by atoms with Gasteiger partial charge in [0.15, 0.2) is 11.9 Å². The van der Waals surface area contributed by atoms with Gasteiger partial charge >= 0.3 is 11.9 Å². The molecule has 1 aromatic rings. The quantitative estimate of drug-likeness (QED) is 0.0510. The Hall–Kier alpha value is -2.33. The number of hydrogen-bond donors (Lipinski definition) is 0. The molecule has 1 rings (SSSR count). The lowest BCUT2D eigenvalue weighted by Crippen LogP contribution is -2.36. The van der Waals surface area contributed by atoms with Gasteiger partial charge in [0.25, 0.3) is 0 Å².